The van der Waals surface area contributed by atoms with E-state index >= 15 is 0 Å². The van der Waals surface area contributed by atoms with Crippen molar-refractivity contribution in [2.24, 2.45) is 5.73 Å². The highest BCUT2D eigenvalue weighted by Crippen LogP contribution is 2.44. The maximum atomic E-state index is 12.4. The number of nitrogens with one attached hydrogen (secondary N) is 1. The van der Waals surface area contributed by atoms with E-state index in [-0.39, 0.29) is 32.1 Å². The molecule has 0 spiro atoms. The quantitative estimate of drug-likeness (QED) is 0.528. The number of alkyl carbamates (subject to hydrolysis) is 1. The maximum Gasteiger partial charge on any atom is 0.407 e. The molecule has 6 heteroatoms. The largest absolute Gasteiger partial charge is 0.461 e. The minimum Gasteiger partial charge on any atom is -0.461 e. The zero-order valence-electron chi connectivity index (χ0n) is 17.7. The molecule has 0 unspecified atom stereocenters. The lowest BCUT2D eigenvalue weighted by Crippen LogP contribution is -2.42. The van der Waals surface area contributed by atoms with E-state index in [0.29, 0.717) is 0 Å². The molecule has 0 aromatic heterocycles. The van der Waals surface area contributed by atoms with Gasteiger partial charge in [-0.2, -0.15) is 0 Å². The van der Waals surface area contributed by atoms with Crippen molar-refractivity contribution >= 4 is 12.1 Å². The summed E-state index contributed by atoms with van der Waals surface area (Å²) in [7, 11) is 0. The third-order valence-corrected chi connectivity index (χ3v) is 5.61. The first-order valence-electron chi connectivity index (χ1n) is 10.7. The Balaban J connectivity index is 1.30. The van der Waals surface area contributed by atoms with Crippen LogP contribution in [-0.4, -0.2) is 31.3 Å². The molecule has 0 saturated heterocycles. The number of benzene rings is 3. The van der Waals surface area contributed by atoms with Gasteiger partial charge in [0.25, 0.3) is 0 Å². The first kappa shape index (κ1) is 21.6. The number of hydrogen-bond donors (Lipinski definition) is 2. The van der Waals surface area contributed by atoms with E-state index in [9.17, 15) is 9.59 Å². The lowest BCUT2D eigenvalue weighted by Gasteiger charge is -2.18. The zero-order chi connectivity index (χ0) is 22.3. The van der Waals surface area contributed by atoms with Gasteiger partial charge in [0.2, 0.25) is 0 Å². The molecule has 1 amide bonds. The van der Waals surface area contributed by atoms with Crippen molar-refractivity contribution in [3.8, 4) is 11.1 Å². The van der Waals surface area contributed by atoms with Gasteiger partial charge in [0.05, 0.1) is 12.5 Å². The molecule has 0 bridgehead atoms. The molecule has 6 nitrogen and oxygen atoms in total. The second-order valence-electron chi connectivity index (χ2n) is 7.75. The van der Waals surface area contributed by atoms with Crippen LogP contribution in [0.1, 0.15) is 29.0 Å². The Labute approximate surface area is 187 Å². The van der Waals surface area contributed by atoms with Crippen LogP contribution >= 0.6 is 0 Å². The molecule has 164 valence electrons. The lowest BCUT2D eigenvalue weighted by atomic mass is 9.98. The van der Waals surface area contributed by atoms with E-state index in [0.717, 1.165) is 27.8 Å². The molecule has 0 radical (unpaired) electrons. The van der Waals surface area contributed by atoms with Gasteiger partial charge in [0.15, 0.2) is 0 Å². The van der Waals surface area contributed by atoms with Crippen molar-refractivity contribution in [1.82, 2.24) is 5.32 Å². The number of hydrogen-bond acceptors (Lipinski definition) is 5. The van der Waals surface area contributed by atoms with Crippen LogP contribution in [0, 0.1) is 0 Å². The number of nitrogens with two attached hydrogens (primary N) is 1. The normalized spacial score (nSPS) is 13.0. The second kappa shape index (κ2) is 10.1. The highest BCUT2D eigenvalue weighted by Gasteiger charge is 2.29. The van der Waals surface area contributed by atoms with Crippen LogP contribution in [0.15, 0.2) is 78.9 Å². The number of carbonyl (C=O) groups excluding carboxylic acids is 2. The number of amides is 1. The Kier molecular flexibility index (Phi) is 6.82. The summed E-state index contributed by atoms with van der Waals surface area (Å²) in [5.41, 5.74) is 11.3. The SMILES string of the molecule is NC[C@H](CC(=O)OCc1ccccc1)NC(=O)OCC1c2ccccc2-c2ccccc21. The lowest BCUT2D eigenvalue weighted by molar-refractivity contribution is -0.145. The van der Waals surface area contributed by atoms with Gasteiger partial charge in [-0.15, -0.1) is 0 Å². The average molecular weight is 431 g/mol. The van der Waals surface area contributed by atoms with Gasteiger partial charge in [0.1, 0.15) is 13.2 Å². The fourth-order valence-corrected chi connectivity index (χ4v) is 4.00. The highest BCUT2D eigenvalue weighted by atomic mass is 16.5. The fourth-order valence-electron chi connectivity index (χ4n) is 4.00. The average Bonchev–Trinajstić information content (AvgIpc) is 3.15. The molecule has 1 aliphatic rings. The van der Waals surface area contributed by atoms with Gasteiger partial charge in [-0.3, -0.25) is 4.79 Å². The second-order valence-corrected chi connectivity index (χ2v) is 7.75. The molecular weight excluding hydrogens is 404 g/mol. The summed E-state index contributed by atoms with van der Waals surface area (Å²) >= 11 is 0. The van der Waals surface area contributed by atoms with Gasteiger partial charge in [-0.05, 0) is 27.8 Å². The van der Waals surface area contributed by atoms with Crippen LogP contribution in [0.3, 0.4) is 0 Å². The van der Waals surface area contributed by atoms with Crippen molar-refractivity contribution in [3.05, 3.63) is 95.6 Å². The summed E-state index contributed by atoms with van der Waals surface area (Å²) < 4.78 is 10.8. The molecule has 4 rings (SSSR count). The highest BCUT2D eigenvalue weighted by molar-refractivity contribution is 5.79. The molecule has 1 aliphatic carbocycles. The Hall–Kier alpha value is -3.64. The summed E-state index contributed by atoms with van der Waals surface area (Å²) in [6.07, 6.45) is -0.619. The fraction of sp³-hybridized carbons (Fsp3) is 0.231. The third kappa shape index (κ3) is 4.98. The summed E-state index contributed by atoms with van der Waals surface area (Å²) in [6, 6.07) is 25.1. The zero-order valence-corrected chi connectivity index (χ0v) is 17.7. The molecule has 3 aromatic carbocycles. The molecule has 0 saturated carbocycles. The number of esters is 1. The van der Waals surface area contributed by atoms with E-state index in [1.807, 2.05) is 54.6 Å². The van der Waals surface area contributed by atoms with E-state index < -0.39 is 18.1 Å². The van der Waals surface area contributed by atoms with Crippen molar-refractivity contribution in [2.45, 2.75) is 25.0 Å². The molecule has 1 atom stereocenters. The summed E-state index contributed by atoms with van der Waals surface area (Å²) in [6.45, 7) is 0.488. The van der Waals surface area contributed by atoms with Crippen molar-refractivity contribution in [2.75, 3.05) is 13.2 Å². The number of carbonyl (C=O) groups is 2. The third-order valence-electron chi connectivity index (χ3n) is 5.61. The van der Waals surface area contributed by atoms with Crippen LogP contribution in [0.25, 0.3) is 11.1 Å². The van der Waals surface area contributed by atoms with Gasteiger partial charge >= 0.3 is 12.1 Å². The van der Waals surface area contributed by atoms with Gasteiger partial charge in [-0.1, -0.05) is 78.9 Å². The van der Waals surface area contributed by atoms with Crippen LogP contribution < -0.4 is 11.1 Å². The van der Waals surface area contributed by atoms with Crippen LogP contribution in [0.5, 0.6) is 0 Å². The van der Waals surface area contributed by atoms with Crippen LogP contribution in [-0.2, 0) is 20.9 Å². The molecule has 3 aromatic rings. The molecular formula is C26H26N2O4. The van der Waals surface area contributed by atoms with Crippen LogP contribution in [0.2, 0.25) is 0 Å². The Bertz CT molecular complexity index is 1040. The maximum absolute atomic E-state index is 12.4. The van der Waals surface area contributed by atoms with Crippen molar-refractivity contribution in [3.63, 3.8) is 0 Å². The monoisotopic (exact) mass is 430 g/mol. The Morgan fingerprint density at radius 2 is 1.44 bits per heavy atom. The van der Waals surface area contributed by atoms with E-state index in [1.54, 1.807) is 0 Å². The summed E-state index contributed by atoms with van der Waals surface area (Å²) in [5, 5.41) is 2.68. The van der Waals surface area contributed by atoms with Gasteiger partial charge in [-0.25, -0.2) is 4.79 Å². The molecule has 0 fully saturated rings. The standard InChI is InChI=1S/C26H26N2O4/c27-15-19(14-25(29)31-16-18-8-2-1-3-9-18)28-26(30)32-17-24-22-12-6-4-10-20(22)21-11-5-7-13-23(21)24/h1-13,19,24H,14-17,27H2,(H,28,30)/t19-/m0/s1. The minimum atomic E-state index is -0.599. The molecule has 0 aliphatic heterocycles. The summed E-state index contributed by atoms with van der Waals surface area (Å²) in [4.78, 5) is 24.6. The molecule has 32 heavy (non-hydrogen) atoms. The molecule has 3 N–H and O–H groups in total. The Morgan fingerprint density at radius 1 is 0.844 bits per heavy atom. The van der Waals surface area contributed by atoms with E-state index in [4.69, 9.17) is 15.2 Å². The smallest absolute Gasteiger partial charge is 0.407 e. The first-order valence-corrected chi connectivity index (χ1v) is 10.7. The van der Waals surface area contributed by atoms with Crippen molar-refractivity contribution < 1.29 is 19.1 Å². The first-order chi connectivity index (χ1) is 15.7. The van der Waals surface area contributed by atoms with Gasteiger partial charge < -0.3 is 20.5 Å². The van der Waals surface area contributed by atoms with E-state index in [1.165, 1.54) is 0 Å². The van der Waals surface area contributed by atoms with E-state index in [2.05, 4.69) is 29.6 Å². The number of rotatable bonds is 8. The Morgan fingerprint density at radius 3 is 2.06 bits per heavy atom. The topological polar surface area (TPSA) is 90.7 Å². The van der Waals surface area contributed by atoms with Crippen LogP contribution in [0.4, 0.5) is 4.79 Å². The number of ether oxygens (including phenoxy) is 2. The minimum absolute atomic E-state index is 0.0203. The molecule has 0 heterocycles. The van der Waals surface area contributed by atoms with Gasteiger partial charge in [0, 0.05) is 12.5 Å². The summed E-state index contributed by atoms with van der Waals surface area (Å²) in [5.74, 6) is -0.455. The number of fused-ring (bicyclic) bond motifs is 3. The van der Waals surface area contributed by atoms with Crippen molar-refractivity contribution in [1.29, 1.82) is 0 Å². The predicted molar refractivity (Wildman–Crippen MR) is 122 cm³/mol. The predicted octanol–water partition coefficient (Wildman–Crippen LogP) is 3.99.